The molecule has 1 amide bonds. The third-order valence-corrected chi connectivity index (χ3v) is 5.62. The Balaban J connectivity index is 1.42. The molecule has 0 saturated heterocycles. The molecule has 1 N–H and O–H groups in total. The molecule has 1 aliphatic heterocycles. The van der Waals surface area contributed by atoms with Gasteiger partial charge in [-0.2, -0.15) is 0 Å². The smallest absolute Gasteiger partial charge is 0.255 e. The third kappa shape index (κ3) is 5.61. The molecular formula is C27H29NO6. The number of nitrogens with one attached hydrogen (secondary N) is 1. The van der Waals surface area contributed by atoms with E-state index in [9.17, 15) is 4.79 Å². The SMILES string of the molecule is COc1ccc(CCc2ccc3c(c2)OCO3)c(C(=O)NCCOCc2ccccc2)c1OC. The first-order valence-electron chi connectivity index (χ1n) is 11.2. The van der Waals surface area contributed by atoms with E-state index in [0.29, 0.717) is 43.2 Å². The van der Waals surface area contributed by atoms with Crippen LogP contribution in [0.5, 0.6) is 23.0 Å². The van der Waals surface area contributed by atoms with Crippen molar-refractivity contribution in [1.82, 2.24) is 5.32 Å². The molecule has 34 heavy (non-hydrogen) atoms. The molecule has 4 rings (SSSR count). The molecule has 0 aliphatic carbocycles. The highest BCUT2D eigenvalue weighted by molar-refractivity contribution is 5.99. The van der Waals surface area contributed by atoms with E-state index in [0.717, 1.165) is 34.6 Å². The average molecular weight is 464 g/mol. The van der Waals surface area contributed by atoms with Crippen molar-refractivity contribution in [3.63, 3.8) is 0 Å². The van der Waals surface area contributed by atoms with Crippen molar-refractivity contribution in [2.45, 2.75) is 19.4 Å². The molecule has 178 valence electrons. The number of ether oxygens (including phenoxy) is 5. The highest BCUT2D eigenvalue weighted by atomic mass is 16.7. The second-order valence-electron chi connectivity index (χ2n) is 7.82. The van der Waals surface area contributed by atoms with Gasteiger partial charge in [0.15, 0.2) is 23.0 Å². The van der Waals surface area contributed by atoms with E-state index in [1.165, 1.54) is 0 Å². The fraction of sp³-hybridized carbons (Fsp3) is 0.296. The lowest BCUT2D eigenvalue weighted by atomic mass is 9.97. The third-order valence-electron chi connectivity index (χ3n) is 5.62. The molecule has 1 aliphatic rings. The van der Waals surface area contributed by atoms with E-state index in [-0.39, 0.29) is 12.7 Å². The first-order chi connectivity index (χ1) is 16.7. The van der Waals surface area contributed by atoms with Gasteiger partial charge in [0.1, 0.15) is 0 Å². The summed E-state index contributed by atoms with van der Waals surface area (Å²) >= 11 is 0. The van der Waals surface area contributed by atoms with Gasteiger partial charge in [-0.05, 0) is 47.7 Å². The lowest BCUT2D eigenvalue weighted by molar-refractivity contribution is 0.0896. The Labute approximate surface area is 199 Å². The number of hydrogen-bond donors (Lipinski definition) is 1. The maximum Gasteiger partial charge on any atom is 0.255 e. The van der Waals surface area contributed by atoms with E-state index in [1.54, 1.807) is 14.2 Å². The number of aryl methyl sites for hydroxylation is 2. The number of rotatable bonds is 11. The predicted molar refractivity (Wildman–Crippen MR) is 128 cm³/mol. The molecule has 0 atom stereocenters. The van der Waals surface area contributed by atoms with Gasteiger partial charge in [-0.1, -0.05) is 42.5 Å². The van der Waals surface area contributed by atoms with Gasteiger partial charge in [-0.25, -0.2) is 0 Å². The highest BCUT2D eigenvalue weighted by Gasteiger charge is 2.21. The van der Waals surface area contributed by atoms with Crippen LogP contribution in [-0.2, 0) is 24.2 Å². The van der Waals surface area contributed by atoms with Gasteiger partial charge in [-0.15, -0.1) is 0 Å². The fourth-order valence-corrected chi connectivity index (χ4v) is 3.89. The summed E-state index contributed by atoms with van der Waals surface area (Å²) < 4.78 is 27.6. The van der Waals surface area contributed by atoms with Crippen LogP contribution in [0.3, 0.4) is 0 Å². The minimum atomic E-state index is -0.222. The maximum absolute atomic E-state index is 13.2. The molecule has 7 nitrogen and oxygen atoms in total. The van der Waals surface area contributed by atoms with Gasteiger partial charge < -0.3 is 29.0 Å². The molecule has 0 unspecified atom stereocenters. The van der Waals surface area contributed by atoms with Crippen molar-refractivity contribution in [3.05, 3.63) is 82.9 Å². The molecule has 0 bridgehead atoms. The van der Waals surface area contributed by atoms with Crippen LogP contribution in [0.4, 0.5) is 0 Å². The Kier molecular flexibility index (Phi) is 7.88. The Morgan fingerprint density at radius 3 is 2.53 bits per heavy atom. The van der Waals surface area contributed by atoms with Crippen molar-refractivity contribution >= 4 is 5.91 Å². The lowest BCUT2D eigenvalue weighted by Crippen LogP contribution is -2.28. The van der Waals surface area contributed by atoms with Crippen LogP contribution in [0.1, 0.15) is 27.0 Å². The largest absolute Gasteiger partial charge is 0.493 e. The van der Waals surface area contributed by atoms with E-state index < -0.39 is 0 Å². The Morgan fingerprint density at radius 2 is 1.74 bits per heavy atom. The topological polar surface area (TPSA) is 75.3 Å². The van der Waals surface area contributed by atoms with Gasteiger partial charge in [0.05, 0.1) is 33.0 Å². The first-order valence-corrected chi connectivity index (χ1v) is 11.2. The summed E-state index contributed by atoms with van der Waals surface area (Å²) in [4.78, 5) is 13.2. The number of amides is 1. The van der Waals surface area contributed by atoms with E-state index in [4.69, 9.17) is 23.7 Å². The van der Waals surface area contributed by atoms with Gasteiger partial charge in [0, 0.05) is 6.54 Å². The number of hydrogen-bond acceptors (Lipinski definition) is 6. The number of fused-ring (bicyclic) bond motifs is 1. The minimum Gasteiger partial charge on any atom is -0.493 e. The Hall–Kier alpha value is -3.71. The minimum absolute atomic E-state index is 0.222. The quantitative estimate of drug-likeness (QED) is 0.431. The number of benzene rings is 3. The summed E-state index contributed by atoms with van der Waals surface area (Å²) in [7, 11) is 3.10. The van der Waals surface area contributed by atoms with E-state index in [1.807, 2.05) is 60.7 Å². The molecule has 1 heterocycles. The zero-order chi connectivity index (χ0) is 23.8. The summed E-state index contributed by atoms with van der Waals surface area (Å²) in [5.41, 5.74) is 3.54. The zero-order valence-electron chi connectivity index (χ0n) is 19.5. The molecule has 0 radical (unpaired) electrons. The lowest BCUT2D eigenvalue weighted by Gasteiger charge is -2.17. The summed E-state index contributed by atoms with van der Waals surface area (Å²) in [6, 6.07) is 19.6. The summed E-state index contributed by atoms with van der Waals surface area (Å²) in [5, 5.41) is 2.95. The standard InChI is InChI=1S/C27H29NO6/c1-30-23-13-11-21(10-8-19-9-12-22-24(16-19)34-18-33-22)25(26(23)31-2)27(29)28-14-15-32-17-20-6-4-3-5-7-20/h3-7,9,11-13,16H,8,10,14-15,17-18H2,1-2H3,(H,28,29). The van der Waals surface area contributed by atoms with Gasteiger partial charge >= 0.3 is 0 Å². The Bertz CT molecular complexity index is 1120. The van der Waals surface area contributed by atoms with Crippen LogP contribution in [0.25, 0.3) is 0 Å². The summed E-state index contributed by atoms with van der Waals surface area (Å²) in [6.45, 7) is 1.53. The fourth-order valence-electron chi connectivity index (χ4n) is 3.89. The Morgan fingerprint density at radius 1 is 0.912 bits per heavy atom. The maximum atomic E-state index is 13.2. The van der Waals surface area contributed by atoms with Crippen molar-refractivity contribution < 1.29 is 28.5 Å². The van der Waals surface area contributed by atoms with E-state index >= 15 is 0 Å². The van der Waals surface area contributed by atoms with Gasteiger partial charge in [-0.3, -0.25) is 4.79 Å². The molecule has 0 spiro atoms. The van der Waals surface area contributed by atoms with Crippen LogP contribution < -0.4 is 24.3 Å². The normalized spacial score (nSPS) is 11.8. The van der Waals surface area contributed by atoms with Crippen LogP contribution in [0.2, 0.25) is 0 Å². The zero-order valence-corrected chi connectivity index (χ0v) is 19.5. The monoisotopic (exact) mass is 463 g/mol. The van der Waals surface area contributed by atoms with Crippen molar-refractivity contribution in [3.8, 4) is 23.0 Å². The predicted octanol–water partition coefficient (Wildman–Crippen LogP) is 4.16. The van der Waals surface area contributed by atoms with E-state index in [2.05, 4.69) is 5.32 Å². The first kappa shape index (κ1) is 23.4. The molecular weight excluding hydrogens is 434 g/mol. The van der Waals surface area contributed by atoms with Crippen molar-refractivity contribution in [2.75, 3.05) is 34.2 Å². The molecule has 0 aromatic heterocycles. The van der Waals surface area contributed by atoms with Crippen LogP contribution in [0, 0.1) is 0 Å². The molecule has 3 aromatic carbocycles. The molecule has 0 saturated carbocycles. The van der Waals surface area contributed by atoms with Crippen LogP contribution in [0.15, 0.2) is 60.7 Å². The van der Waals surface area contributed by atoms with Crippen molar-refractivity contribution in [2.24, 2.45) is 0 Å². The molecule has 7 heteroatoms. The molecule has 3 aromatic rings. The van der Waals surface area contributed by atoms with Crippen LogP contribution in [-0.4, -0.2) is 40.1 Å². The summed E-state index contributed by atoms with van der Waals surface area (Å²) in [6.07, 6.45) is 1.37. The second kappa shape index (κ2) is 11.4. The second-order valence-corrected chi connectivity index (χ2v) is 7.82. The number of methoxy groups -OCH3 is 2. The molecule has 0 fully saturated rings. The van der Waals surface area contributed by atoms with Gasteiger partial charge in [0.25, 0.3) is 5.91 Å². The summed E-state index contributed by atoms with van der Waals surface area (Å²) in [5.74, 6) is 2.22. The average Bonchev–Trinajstić information content (AvgIpc) is 3.35. The highest BCUT2D eigenvalue weighted by Crippen LogP contribution is 2.35. The number of carbonyl (C=O) groups is 1. The number of carbonyl (C=O) groups excluding carboxylic acids is 1. The van der Waals surface area contributed by atoms with Crippen LogP contribution >= 0.6 is 0 Å². The van der Waals surface area contributed by atoms with Crippen molar-refractivity contribution in [1.29, 1.82) is 0 Å². The van der Waals surface area contributed by atoms with Gasteiger partial charge in [0.2, 0.25) is 6.79 Å².